The van der Waals surface area contributed by atoms with Crippen molar-refractivity contribution in [3.8, 4) is 28.7 Å². The monoisotopic (exact) mass is 510 g/mol. The van der Waals surface area contributed by atoms with Gasteiger partial charge in [0.1, 0.15) is 6.04 Å². The van der Waals surface area contributed by atoms with Crippen molar-refractivity contribution in [2.24, 2.45) is 0 Å². The maximum absolute atomic E-state index is 11.0. The molecule has 2 heterocycles. The van der Waals surface area contributed by atoms with Gasteiger partial charge in [-0.1, -0.05) is 0 Å². The number of quaternary nitrogens is 1. The molecular formula is C24H32NO9S+. The highest BCUT2D eigenvalue weighted by molar-refractivity contribution is 7.80. The summed E-state index contributed by atoms with van der Waals surface area (Å²) in [5.41, 5.74) is 3.37. The SMILES string of the molecule is COc1cc(C[C@@H]2c3cc4c(cc3CC[N@@+]2(C)CCCOS(=O)(=O)O)OCO4)cc(OC)c1OC. The van der Waals surface area contributed by atoms with Crippen LogP contribution in [0, 0.1) is 0 Å². The zero-order chi connectivity index (χ0) is 25.2. The van der Waals surface area contributed by atoms with Crippen LogP contribution in [0.3, 0.4) is 0 Å². The van der Waals surface area contributed by atoms with E-state index in [1.165, 1.54) is 5.56 Å². The van der Waals surface area contributed by atoms with E-state index < -0.39 is 10.4 Å². The molecule has 0 spiro atoms. The minimum Gasteiger partial charge on any atom is -0.493 e. The standard InChI is InChI=1S/C24H31NO9S/c1-25(7-5-9-34-35(26,27)28)8-6-17-13-20-21(33-15-32-20)14-18(17)19(25)10-16-11-22(29-2)24(31-4)23(12-16)30-3/h11-14,19H,5-10,15H2,1-4H3/p+1/t19-,25-/m1/s1. The average Bonchev–Trinajstić information content (AvgIpc) is 3.29. The summed E-state index contributed by atoms with van der Waals surface area (Å²) in [6.45, 7) is 1.61. The maximum atomic E-state index is 11.0. The van der Waals surface area contributed by atoms with Crippen LogP contribution in [-0.2, 0) is 27.4 Å². The Morgan fingerprint density at radius 1 is 1.03 bits per heavy atom. The van der Waals surface area contributed by atoms with Gasteiger partial charge in [-0.05, 0) is 35.4 Å². The fourth-order valence-corrected chi connectivity index (χ4v) is 5.39. The maximum Gasteiger partial charge on any atom is 0.397 e. The van der Waals surface area contributed by atoms with Gasteiger partial charge in [0.25, 0.3) is 0 Å². The molecule has 0 saturated carbocycles. The zero-order valence-electron chi connectivity index (χ0n) is 20.4. The van der Waals surface area contributed by atoms with Crippen molar-refractivity contribution >= 4 is 10.4 Å². The molecule has 0 bridgehead atoms. The summed E-state index contributed by atoms with van der Waals surface area (Å²) in [7, 11) is 2.45. The fraction of sp³-hybridized carbons (Fsp3) is 0.500. The van der Waals surface area contributed by atoms with Crippen LogP contribution in [0.4, 0.5) is 0 Å². The van der Waals surface area contributed by atoms with Gasteiger partial charge < -0.3 is 28.2 Å². The molecule has 2 aliphatic rings. The molecule has 192 valence electrons. The van der Waals surface area contributed by atoms with Crippen molar-refractivity contribution < 1.29 is 45.3 Å². The van der Waals surface area contributed by atoms with Crippen LogP contribution in [0.1, 0.15) is 29.2 Å². The van der Waals surface area contributed by atoms with Crippen LogP contribution >= 0.6 is 0 Å². The van der Waals surface area contributed by atoms with E-state index in [-0.39, 0.29) is 19.4 Å². The first-order chi connectivity index (χ1) is 16.7. The van der Waals surface area contributed by atoms with Crippen LogP contribution in [-0.4, -0.2) is 72.3 Å². The number of methoxy groups -OCH3 is 3. The van der Waals surface area contributed by atoms with Gasteiger partial charge in [0.05, 0.1) is 48.1 Å². The molecule has 4 rings (SSSR count). The fourth-order valence-electron chi connectivity index (χ4n) is 5.06. The second-order valence-electron chi connectivity index (χ2n) is 8.94. The van der Waals surface area contributed by atoms with Crippen molar-refractivity contribution in [2.45, 2.75) is 25.3 Å². The van der Waals surface area contributed by atoms with E-state index in [4.69, 9.17) is 28.2 Å². The van der Waals surface area contributed by atoms with Gasteiger partial charge in [0.2, 0.25) is 12.5 Å². The number of hydrogen-bond donors (Lipinski definition) is 1. The molecule has 0 aliphatic carbocycles. The highest BCUT2D eigenvalue weighted by atomic mass is 32.3. The predicted octanol–water partition coefficient (Wildman–Crippen LogP) is 2.94. The summed E-state index contributed by atoms with van der Waals surface area (Å²) in [5, 5.41) is 0. The highest BCUT2D eigenvalue weighted by Crippen LogP contribution is 2.45. The van der Waals surface area contributed by atoms with Gasteiger partial charge in [-0.2, -0.15) is 8.42 Å². The lowest BCUT2D eigenvalue weighted by Gasteiger charge is -2.46. The second kappa shape index (κ2) is 10.1. The molecule has 35 heavy (non-hydrogen) atoms. The summed E-state index contributed by atoms with van der Waals surface area (Å²) in [5.74, 6) is 3.18. The van der Waals surface area contributed by atoms with Crippen LogP contribution in [0.2, 0.25) is 0 Å². The molecule has 2 atom stereocenters. The first-order valence-corrected chi connectivity index (χ1v) is 12.7. The summed E-state index contributed by atoms with van der Waals surface area (Å²) >= 11 is 0. The number of fused-ring (bicyclic) bond motifs is 2. The van der Waals surface area contributed by atoms with Gasteiger partial charge in [0.15, 0.2) is 23.0 Å². The van der Waals surface area contributed by atoms with Gasteiger partial charge in [-0.3, -0.25) is 4.55 Å². The Morgan fingerprint density at radius 2 is 1.69 bits per heavy atom. The second-order valence-corrected chi connectivity index (χ2v) is 10.0. The van der Waals surface area contributed by atoms with E-state index in [9.17, 15) is 8.42 Å². The molecule has 1 N–H and O–H groups in total. The molecule has 0 fully saturated rings. The molecule has 0 aromatic heterocycles. The summed E-state index contributed by atoms with van der Waals surface area (Å²) in [4.78, 5) is 0. The lowest BCUT2D eigenvalue weighted by atomic mass is 9.86. The molecule has 0 unspecified atom stereocenters. The van der Waals surface area contributed by atoms with E-state index in [1.807, 2.05) is 12.1 Å². The quantitative estimate of drug-likeness (QED) is 0.293. The van der Waals surface area contributed by atoms with Crippen molar-refractivity contribution in [3.63, 3.8) is 0 Å². The van der Waals surface area contributed by atoms with Gasteiger partial charge in [-0.15, -0.1) is 0 Å². The summed E-state index contributed by atoms with van der Waals surface area (Å²) in [6, 6.07) is 8.06. The smallest absolute Gasteiger partial charge is 0.397 e. The Kier molecular flexibility index (Phi) is 7.32. The molecule has 2 aliphatic heterocycles. The number of nitrogens with zero attached hydrogens (tertiary/aromatic N) is 1. The highest BCUT2D eigenvalue weighted by Gasteiger charge is 2.40. The number of hydrogen-bond acceptors (Lipinski definition) is 8. The Labute approximate surface area is 205 Å². The van der Waals surface area contributed by atoms with Crippen LogP contribution in [0.15, 0.2) is 24.3 Å². The summed E-state index contributed by atoms with van der Waals surface area (Å²) in [6.07, 6.45) is 1.97. The van der Waals surface area contributed by atoms with E-state index in [0.717, 1.165) is 35.6 Å². The number of likely N-dealkylation sites (N-methyl/N-ethyl adjacent to an activating group) is 1. The average molecular weight is 511 g/mol. The van der Waals surface area contributed by atoms with E-state index in [0.29, 0.717) is 41.1 Å². The minimum atomic E-state index is -4.46. The number of ether oxygens (including phenoxy) is 5. The largest absolute Gasteiger partial charge is 0.493 e. The molecule has 10 nitrogen and oxygen atoms in total. The first kappa shape index (κ1) is 25.4. The Morgan fingerprint density at radius 3 is 2.29 bits per heavy atom. The van der Waals surface area contributed by atoms with Crippen LogP contribution < -0.4 is 23.7 Å². The topological polar surface area (TPSA) is 110 Å². The Hall–Kier alpha value is -2.73. The first-order valence-electron chi connectivity index (χ1n) is 11.3. The van der Waals surface area contributed by atoms with E-state index in [2.05, 4.69) is 23.4 Å². The third-order valence-corrected chi connectivity index (χ3v) is 7.30. The molecule has 0 radical (unpaired) electrons. The molecule has 0 saturated heterocycles. The minimum absolute atomic E-state index is 0.0294. The van der Waals surface area contributed by atoms with E-state index >= 15 is 0 Å². The summed E-state index contributed by atoms with van der Waals surface area (Å²) < 4.78 is 64.0. The Balaban J connectivity index is 1.69. The number of rotatable bonds is 10. The van der Waals surface area contributed by atoms with Crippen LogP contribution in [0.25, 0.3) is 0 Å². The van der Waals surface area contributed by atoms with Gasteiger partial charge in [0, 0.05) is 24.8 Å². The molecule has 2 aromatic carbocycles. The molecule has 0 amide bonds. The van der Waals surface area contributed by atoms with Crippen molar-refractivity contribution in [3.05, 3.63) is 41.0 Å². The lowest BCUT2D eigenvalue weighted by molar-refractivity contribution is -0.941. The van der Waals surface area contributed by atoms with Gasteiger partial charge in [-0.25, -0.2) is 4.18 Å². The van der Waals surface area contributed by atoms with Gasteiger partial charge >= 0.3 is 10.4 Å². The molecule has 11 heteroatoms. The Bertz CT molecular complexity index is 1160. The zero-order valence-corrected chi connectivity index (χ0v) is 21.2. The van der Waals surface area contributed by atoms with Crippen LogP contribution in [0.5, 0.6) is 28.7 Å². The third kappa shape index (κ3) is 5.43. The van der Waals surface area contributed by atoms with Crippen molar-refractivity contribution in [1.82, 2.24) is 0 Å². The third-order valence-electron chi connectivity index (χ3n) is 6.84. The normalized spacial score (nSPS) is 20.9. The predicted molar refractivity (Wildman–Crippen MR) is 127 cm³/mol. The van der Waals surface area contributed by atoms with Crippen molar-refractivity contribution in [2.75, 3.05) is 54.9 Å². The molecule has 2 aromatic rings. The lowest BCUT2D eigenvalue weighted by Crippen LogP contribution is -2.52. The number of benzene rings is 2. The van der Waals surface area contributed by atoms with Crippen molar-refractivity contribution in [1.29, 1.82) is 0 Å². The molecular weight excluding hydrogens is 478 g/mol. The van der Waals surface area contributed by atoms with E-state index in [1.54, 1.807) is 21.3 Å².